The number of benzene rings is 7. The standard InChI is InChI=1S/C47H33N3/c1-30-15-26-39-36(29-30)25-28-41-44(40-27-24-33-9-5-6-12-38(33)45(40)49-46(39)41)34-20-16-31(17-21-34)32-18-22-35(23-19-32)47-48-42-13-7-8-14-43(42)50(47)37-10-3-2-4-11-37/h2-28,30H,29H2,1H3. The van der Waals surface area contributed by atoms with Gasteiger partial charge < -0.3 is 0 Å². The van der Waals surface area contributed by atoms with Crippen molar-refractivity contribution in [2.24, 2.45) is 5.92 Å². The van der Waals surface area contributed by atoms with Gasteiger partial charge in [0.25, 0.3) is 0 Å². The summed E-state index contributed by atoms with van der Waals surface area (Å²) >= 11 is 0. The van der Waals surface area contributed by atoms with Crippen molar-refractivity contribution in [3.05, 3.63) is 169 Å². The number of hydrogen-bond acceptors (Lipinski definition) is 2. The molecule has 50 heavy (non-hydrogen) atoms. The van der Waals surface area contributed by atoms with E-state index in [4.69, 9.17) is 9.97 Å². The SMILES string of the molecule is CC1C=Cc2c(ccc3c(-c4ccc(-c5ccc(-c6nc7ccccc7n6-c6ccccc6)cc5)cc4)c4ccc5ccccc5c4nc23)C1. The summed E-state index contributed by atoms with van der Waals surface area (Å²) in [6.07, 6.45) is 5.67. The van der Waals surface area contributed by atoms with Crippen molar-refractivity contribution >= 4 is 49.7 Å². The number of allylic oxidation sites excluding steroid dienone is 1. The molecule has 0 aliphatic heterocycles. The highest BCUT2D eigenvalue weighted by Crippen LogP contribution is 2.41. The molecule has 2 heterocycles. The first-order valence-corrected chi connectivity index (χ1v) is 17.4. The summed E-state index contributed by atoms with van der Waals surface area (Å²) in [4.78, 5) is 10.5. The number of para-hydroxylation sites is 3. The molecule has 0 radical (unpaired) electrons. The molecule has 236 valence electrons. The van der Waals surface area contributed by atoms with E-state index >= 15 is 0 Å². The normalized spacial score (nSPS) is 14.1. The highest BCUT2D eigenvalue weighted by atomic mass is 15.1. The second-order valence-corrected chi connectivity index (χ2v) is 13.5. The zero-order valence-corrected chi connectivity index (χ0v) is 27.7. The van der Waals surface area contributed by atoms with E-state index in [1.165, 1.54) is 54.9 Å². The van der Waals surface area contributed by atoms with Gasteiger partial charge in [-0.05, 0) is 64.2 Å². The van der Waals surface area contributed by atoms with Crippen LogP contribution in [0.3, 0.4) is 0 Å². The van der Waals surface area contributed by atoms with E-state index in [1.807, 2.05) is 6.07 Å². The van der Waals surface area contributed by atoms with Gasteiger partial charge in [0.05, 0.1) is 22.1 Å². The quantitative estimate of drug-likeness (QED) is 0.142. The second-order valence-electron chi connectivity index (χ2n) is 13.5. The predicted molar refractivity (Wildman–Crippen MR) is 210 cm³/mol. The summed E-state index contributed by atoms with van der Waals surface area (Å²) in [7, 11) is 0. The third-order valence-corrected chi connectivity index (χ3v) is 10.3. The van der Waals surface area contributed by atoms with Gasteiger partial charge in [0.15, 0.2) is 0 Å². The Morgan fingerprint density at radius 2 is 1.20 bits per heavy atom. The fourth-order valence-electron chi connectivity index (χ4n) is 7.86. The van der Waals surface area contributed by atoms with Crippen molar-refractivity contribution in [2.75, 3.05) is 0 Å². The third kappa shape index (κ3) is 4.58. The third-order valence-electron chi connectivity index (χ3n) is 10.3. The van der Waals surface area contributed by atoms with Gasteiger partial charge in [-0.1, -0.05) is 146 Å². The number of aromatic nitrogens is 3. The molecule has 0 fully saturated rings. The molecule has 0 spiro atoms. The van der Waals surface area contributed by atoms with Crippen LogP contribution in [-0.2, 0) is 6.42 Å². The summed E-state index contributed by atoms with van der Waals surface area (Å²) < 4.78 is 2.25. The van der Waals surface area contributed by atoms with Crippen LogP contribution in [0.25, 0.3) is 89.0 Å². The van der Waals surface area contributed by atoms with Crippen LogP contribution in [-0.4, -0.2) is 14.5 Å². The van der Waals surface area contributed by atoms with E-state index < -0.39 is 0 Å². The highest BCUT2D eigenvalue weighted by Gasteiger charge is 2.20. The molecule has 2 aromatic heterocycles. The first-order chi connectivity index (χ1) is 24.7. The molecular weight excluding hydrogens is 607 g/mol. The van der Waals surface area contributed by atoms with Gasteiger partial charge in [0.2, 0.25) is 0 Å². The van der Waals surface area contributed by atoms with Crippen molar-refractivity contribution in [3.8, 4) is 39.3 Å². The van der Waals surface area contributed by atoms with Crippen LogP contribution >= 0.6 is 0 Å². The molecule has 9 aromatic rings. The second kappa shape index (κ2) is 11.4. The Kier molecular flexibility index (Phi) is 6.53. The zero-order chi connectivity index (χ0) is 33.2. The maximum absolute atomic E-state index is 5.41. The molecule has 1 unspecified atom stereocenters. The van der Waals surface area contributed by atoms with Gasteiger partial charge >= 0.3 is 0 Å². The minimum atomic E-state index is 0.535. The van der Waals surface area contributed by atoms with Crippen LogP contribution < -0.4 is 0 Å². The average molecular weight is 640 g/mol. The zero-order valence-electron chi connectivity index (χ0n) is 27.7. The maximum Gasteiger partial charge on any atom is 0.145 e. The maximum atomic E-state index is 5.41. The van der Waals surface area contributed by atoms with E-state index in [0.717, 1.165) is 45.6 Å². The first kappa shape index (κ1) is 28.7. The Bertz CT molecular complexity index is 2770. The van der Waals surface area contributed by atoms with Crippen molar-refractivity contribution in [3.63, 3.8) is 0 Å². The summed E-state index contributed by atoms with van der Waals surface area (Å²) in [6.45, 7) is 2.28. The minimum Gasteiger partial charge on any atom is -0.292 e. The van der Waals surface area contributed by atoms with Gasteiger partial charge in [-0.15, -0.1) is 0 Å². The fraction of sp³-hybridized carbons (Fsp3) is 0.0638. The molecule has 1 atom stereocenters. The minimum absolute atomic E-state index is 0.535. The van der Waals surface area contributed by atoms with Crippen LogP contribution in [0.4, 0.5) is 0 Å². The van der Waals surface area contributed by atoms with Crippen molar-refractivity contribution in [2.45, 2.75) is 13.3 Å². The number of imidazole rings is 1. The van der Waals surface area contributed by atoms with Crippen LogP contribution in [0.5, 0.6) is 0 Å². The number of nitrogens with zero attached hydrogens (tertiary/aromatic N) is 3. The van der Waals surface area contributed by atoms with Crippen molar-refractivity contribution < 1.29 is 0 Å². The van der Waals surface area contributed by atoms with Gasteiger partial charge in [-0.3, -0.25) is 4.57 Å². The van der Waals surface area contributed by atoms with Gasteiger partial charge in [-0.2, -0.15) is 0 Å². The molecule has 0 N–H and O–H groups in total. The summed E-state index contributed by atoms with van der Waals surface area (Å²) in [6, 6.07) is 54.4. The molecule has 3 nitrogen and oxygen atoms in total. The lowest BCUT2D eigenvalue weighted by Gasteiger charge is -2.20. The van der Waals surface area contributed by atoms with E-state index in [2.05, 4.69) is 169 Å². The number of rotatable bonds is 4. The fourth-order valence-corrected chi connectivity index (χ4v) is 7.86. The molecule has 0 amide bonds. The van der Waals surface area contributed by atoms with Gasteiger partial charge in [0, 0.05) is 38.5 Å². The topological polar surface area (TPSA) is 30.7 Å². The van der Waals surface area contributed by atoms with Crippen LogP contribution in [0, 0.1) is 5.92 Å². The summed E-state index contributed by atoms with van der Waals surface area (Å²) in [5.41, 5.74) is 13.9. The molecule has 10 rings (SSSR count). The summed E-state index contributed by atoms with van der Waals surface area (Å²) in [5, 5.41) is 4.79. The molecule has 3 heteroatoms. The predicted octanol–water partition coefficient (Wildman–Crippen LogP) is 12.1. The monoisotopic (exact) mass is 639 g/mol. The molecule has 1 aliphatic rings. The Balaban J connectivity index is 1.08. The number of hydrogen-bond donors (Lipinski definition) is 0. The van der Waals surface area contributed by atoms with Gasteiger partial charge in [0.1, 0.15) is 5.82 Å². The lowest BCUT2D eigenvalue weighted by molar-refractivity contribution is 0.718. The molecule has 7 aromatic carbocycles. The smallest absolute Gasteiger partial charge is 0.145 e. The Morgan fingerprint density at radius 3 is 2.02 bits per heavy atom. The molecule has 0 saturated carbocycles. The van der Waals surface area contributed by atoms with Crippen molar-refractivity contribution in [1.82, 2.24) is 14.5 Å². The first-order valence-electron chi connectivity index (χ1n) is 17.4. The number of pyridine rings is 1. The Labute approximate surface area is 290 Å². The van der Waals surface area contributed by atoms with Crippen LogP contribution in [0.2, 0.25) is 0 Å². The Morgan fingerprint density at radius 1 is 0.540 bits per heavy atom. The van der Waals surface area contributed by atoms with E-state index in [9.17, 15) is 0 Å². The van der Waals surface area contributed by atoms with E-state index in [0.29, 0.717) is 5.92 Å². The molecule has 0 bridgehead atoms. The lowest BCUT2D eigenvalue weighted by Crippen LogP contribution is -2.04. The summed E-state index contributed by atoms with van der Waals surface area (Å²) in [5.74, 6) is 1.47. The van der Waals surface area contributed by atoms with Crippen molar-refractivity contribution in [1.29, 1.82) is 0 Å². The van der Waals surface area contributed by atoms with Crippen LogP contribution in [0.1, 0.15) is 18.1 Å². The van der Waals surface area contributed by atoms with Gasteiger partial charge in [-0.25, -0.2) is 9.97 Å². The van der Waals surface area contributed by atoms with Crippen LogP contribution in [0.15, 0.2) is 158 Å². The molecule has 0 saturated heterocycles. The van der Waals surface area contributed by atoms with E-state index in [-0.39, 0.29) is 0 Å². The lowest BCUT2D eigenvalue weighted by atomic mass is 9.86. The molecular formula is C47H33N3. The average Bonchev–Trinajstić information content (AvgIpc) is 3.57. The largest absolute Gasteiger partial charge is 0.292 e. The molecule has 1 aliphatic carbocycles. The van der Waals surface area contributed by atoms with E-state index in [1.54, 1.807) is 0 Å². The Hall–Kier alpha value is -6.32. The highest BCUT2D eigenvalue weighted by molar-refractivity contribution is 6.18. The number of fused-ring (bicyclic) bond motifs is 7.